The molecular formula is C12H18N4O. The zero-order chi connectivity index (χ0) is 12.0. The van der Waals surface area contributed by atoms with E-state index in [1.165, 1.54) is 0 Å². The Balaban J connectivity index is 1.69. The average molecular weight is 234 g/mol. The zero-order valence-electron chi connectivity index (χ0n) is 10.2. The normalized spacial score (nSPS) is 30.1. The van der Waals surface area contributed by atoms with Crippen LogP contribution in [-0.4, -0.2) is 34.8 Å². The van der Waals surface area contributed by atoms with Gasteiger partial charge in [-0.05, 0) is 18.3 Å². The number of aromatic nitrogens is 2. The summed E-state index contributed by atoms with van der Waals surface area (Å²) in [7, 11) is 1.85. The van der Waals surface area contributed by atoms with Gasteiger partial charge in [0.1, 0.15) is 0 Å². The highest BCUT2D eigenvalue weighted by Crippen LogP contribution is 2.41. The average Bonchev–Trinajstić information content (AvgIpc) is 2.75. The van der Waals surface area contributed by atoms with E-state index in [4.69, 9.17) is 0 Å². The van der Waals surface area contributed by atoms with E-state index in [0.29, 0.717) is 17.9 Å². The monoisotopic (exact) mass is 234 g/mol. The summed E-state index contributed by atoms with van der Waals surface area (Å²) in [5.41, 5.74) is 1.61. The predicted molar refractivity (Wildman–Crippen MR) is 63.7 cm³/mol. The summed E-state index contributed by atoms with van der Waals surface area (Å²) in [5, 5.41) is 10.7. The van der Waals surface area contributed by atoms with Crippen LogP contribution >= 0.6 is 0 Å². The number of carbonyl (C=O) groups is 1. The van der Waals surface area contributed by atoms with E-state index in [1.807, 2.05) is 20.2 Å². The SMILES string of the molecule is CCc1nn(C)cc1C(=O)NC1C2CNCC21. The lowest BCUT2D eigenvalue weighted by atomic mass is 10.2. The van der Waals surface area contributed by atoms with E-state index >= 15 is 0 Å². The van der Waals surface area contributed by atoms with E-state index in [0.717, 1.165) is 30.8 Å². The number of nitrogens with zero attached hydrogens (tertiary/aromatic N) is 2. The summed E-state index contributed by atoms with van der Waals surface area (Å²) in [6, 6.07) is 0.383. The predicted octanol–water partition coefficient (Wildman–Crippen LogP) is -0.0699. The van der Waals surface area contributed by atoms with Crippen LogP contribution in [0.15, 0.2) is 6.20 Å². The fourth-order valence-electron chi connectivity index (χ4n) is 2.85. The van der Waals surface area contributed by atoms with E-state index in [1.54, 1.807) is 4.68 Å². The van der Waals surface area contributed by atoms with Crippen molar-refractivity contribution in [1.29, 1.82) is 0 Å². The molecular weight excluding hydrogens is 216 g/mol. The third kappa shape index (κ3) is 1.74. The van der Waals surface area contributed by atoms with Crippen LogP contribution in [0.1, 0.15) is 23.0 Å². The van der Waals surface area contributed by atoms with Crippen molar-refractivity contribution < 1.29 is 4.79 Å². The van der Waals surface area contributed by atoms with Gasteiger partial charge in [-0.2, -0.15) is 5.10 Å². The number of hydrogen-bond donors (Lipinski definition) is 2. The number of nitrogens with one attached hydrogen (secondary N) is 2. The molecule has 0 radical (unpaired) electrons. The molecule has 1 aromatic heterocycles. The van der Waals surface area contributed by atoms with Crippen LogP contribution in [-0.2, 0) is 13.5 Å². The maximum atomic E-state index is 12.1. The van der Waals surface area contributed by atoms with Crippen LogP contribution in [0.4, 0.5) is 0 Å². The smallest absolute Gasteiger partial charge is 0.254 e. The number of amides is 1. The molecule has 1 aliphatic carbocycles. The van der Waals surface area contributed by atoms with Crippen molar-refractivity contribution >= 4 is 5.91 Å². The molecule has 1 saturated carbocycles. The molecule has 3 rings (SSSR count). The molecule has 2 heterocycles. The van der Waals surface area contributed by atoms with Gasteiger partial charge in [-0.15, -0.1) is 0 Å². The van der Waals surface area contributed by atoms with Gasteiger partial charge in [-0.3, -0.25) is 9.48 Å². The topological polar surface area (TPSA) is 59.0 Å². The molecule has 2 aliphatic rings. The molecule has 2 fully saturated rings. The number of aryl methyl sites for hydroxylation is 2. The summed E-state index contributed by atoms with van der Waals surface area (Å²) in [6.07, 6.45) is 2.60. The van der Waals surface area contributed by atoms with Gasteiger partial charge in [0.2, 0.25) is 0 Å². The second-order valence-electron chi connectivity index (χ2n) is 5.00. The summed E-state index contributed by atoms with van der Waals surface area (Å²) in [4.78, 5) is 12.1. The lowest BCUT2D eigenvalue weighted by Gasteiger charge is -2.07. The van der Waals surface area contributed by atoms with E-state index in [2.05, 4.69) is 15.7 Å². The van der Waals surface area contributed by atoms with Crippen molar-refractivity contribution in [2.24, 2.45) is 18.9 Å². The van der Waals surface area contributed by atoms with Crippen molar-refractivity contribution in [3.8, 4) is 0 Å². The first kappa shape index (κ1) is 10.8. The lowest BCUT2D eigenvalue weighted by molar-refractivity contribution is 0.0945. The van der Waals surface area contributed by atoms with E-state index in [-0.39, 0.29) is 5.91 Å². The van der Waals surface area contributed by atoms with Crippen LogP contribution in [0.2, 0.25) is 0 Å². The van der Waals surface area contributed by atoms with Crippen molar-refractivity contribution in [2.45, 2.75) is 19.4 Å². The minimum atomic E-state index is 0.0364. The summed E-state index contributed by atoms with van der Waals surface area (Å²) >= 11 is 0. The van der Waals surface area contributed by atoms with Crippen molar-refractivity contribution in [1.82, 2.24) is 20.4 Å². The van der Waals surface area contributed by atoms with Crippen LogP contribution < -0.4 is 10.6 Å². The molecule has 1 amide bonds. The van der Waals surface area contributed by atoms with Gasteiger partial charge in [0.05, 0.1) is 11.3 Å². The molecule has 1 saturated heterocycles. The van der Waals surface area contributed by atoms with Gasteiger partial charge in [-0.25, -0.2) is 0 Å². The Hall–Kier alpha value is -1.36. The minimum absolute atomic E-state index is 0.0364. The van der Waals surface area contributed by atoms with E-state index in [9.17, 15) is 4.79 Å². The first-order valence-electron chi connectivity index (χ1n) is 6.24. The second-order valence-corrected chi connectivity index (χ2v) is 5.00. The molecule has 0 aromatic carbocycles. The van der Waals surface area contributed by atoms with Crippen molar-refractivity contribution in [3.05, 3.63) is 17.5 Å². The largest absolute Gasteiger partial charge is 0.349 e. The Morgan fingerprint density at radius 3 is 2.94 bits per heavy atom. The molecule has 5 heteroatoms. The van der Waals surface area contributed by atoms with Gasteiger partial charge in [0.25, 0.3) is 5.91 Å². The third-order valence-electron chi connectivity index (χ3n) is 3.87. The van der Waals surface area contributed by atoms with Crippen LogP contribution in [0.3, 0.4) is 0 Å². The summed E-state index contributed by atoms with van der Waals surface area (Å²) in [5.74, 6) is 1.34. The fourth-order valence-corrected chi connectivity index (χ4v) is 2.85. The molecule has 0 bridgehead atoms. The zero-order valence-corrected chi connectivity index (χ0v) is 10.2. The molecule has 2 atom stereocenters. The first-order chi connectivity index (χ1) is 8.20. The number of hydrogen-bond acceptors (Lipinski definition) is 3. The van der Waals surface area contributed by atoms with Gasteiger partial charge in [-0.1, -0.05) is 6.92 Å². The molecule has 92 valence electrons. The van der Waals surface area contributed by atoms with Gasteiger partial charge < -0.3 is 10.6 Å². The standard InChI is InChI=1S/C12H18N4O/c1-3-10-9(6-16(2)15-10)12(17)14-11-7-4-13-5-8(7)11/h6-8,11,13H,3-5H2,1-2H3,(H,14,17). The number of carbonyl (C=O) groups excluding carboxylic acids is 1. The first-order valence-corrected chi connectivity index (χ1v) is 6.24. The number of fused-ring (bicyclic) bond motifs is 1. The highest BCUT2D eigenvalue weighted by Gasteiger charge is 2.53. The Morgan fingerprint density at radius 1 is 1.59 bits per heavy atom. The fraction of sp³-hybridized carbons (Fsp3) is 0.667. The highest BCUT2D eigenvalue weighted by atomic mass is 16.1. The van der Waals surface area contributed by atoms with Crippen LogP contribution in [0.5, 0.6) is 0 Å². The number of rotatable bonds is 3. The van der Waals surface area contributed by atoms with Crippen molar-refractivity contribution in [2.75, 3.05) is 13.1 Å². The van der Waals surface area contributed by atoms with Gasteiger partial charge in [0, 0.05) is 32.4 Å². The van der Waals surface area contributed by atoms with Crippen LogP contribution in [0, 0.1) is 11.8 Å². The molecule has 2 unspecified atom stereocenters. The second kappa shape index (κ2) is 3.84. The Kier molecular flexibility index (Phi) is 2.43. The van der Waals surface area contributed by atoms with Gasteiger partial charge >= 0.3 is 0 Å². The highest BCUT2D eigenvalue weighted by molar-refractivity contribution is 5.95. The summed E-state index contributed by atoms with van der Waals surface area (Å²) in [6.45, 7) is 4.11. The quantitative estimate of drug-likeness (QED) is 0.769. The molecule has 5 nitrogen and oxygen atoms in total. The Labute approximate surface area is 101 Å². The Bertz CT molecular complexity index is 443. The van der Waals surface area contributed by atoms with Gasteiger partial charge in [0.15, 0.2) is 0 Å². The third-order valence-corrected chi connectivity index (χ3v) is 3.87. The lowest BCUT2D eigenvalue weighted by Crippen LogP contribution is -2.32. The Morgan fingerprint density at radius 2 is 2.29 bits per heavy atom. The minimum Gasteiger partial charge on any atom is -0.349 e. The molecule has 17 heavy (non-hydrogen) atoms. The summed E-state index contributed by atoms with van der Waals surface area (Å²) < 4.78 is 1.71. The molecule has 2 N–H and O–H groups in total. The van der Waals surface area contributed by atoms with E-state index < -0.39 is 0 Å². The molecule has 1 aliphatic heterocycles. The van der Waals surface area contributed by atoms with Crippen LogP contribution in [0.25, 0.3) is 0 Å². The van der Waals surface area contributed by atoms with Crippen molar-refractivity contribution in [3.63, 3.8) is 0 Å². The number of piperidine rings is 1. The molecule has 0 spiro atoms. The maximum absolute atomic E-state index is 12.1. The maximum Gasteiger partial charge on any atom is 0.254 e. The molecule has 1 aromatic rings.